The molecule has 1 amide bonds. The number of carbonyl (C=O) groups is 1. The van der Waals surface area contributed by atoms with Gasteiger partial charge in [-0.2, -0.15) is 5.10 Å². The van der Waals surface area contributed by atoms with E-state index in [2.05, 4.69) is 22.5 Å². The number of benzene rings is 2. The van der Waals surface area contributed by atoms with Gasteiger partial charge in [-0.15, -0.1) is 0 Å². The molecule has 2 aromatic carbocycles. The molecule has 0 spiro atoms. The van der Waals surface area contributed by atoms with Gasteiger partial charge >= 0.3 is 0 Å². The van der Waals surface area contributed by atoms with E-state index >= 15 is 0 Å². The molecule has 28 heavy (non-hydrogen) atoms. The summed E-state index contributed by atoms with van der Waals surface area (Å²) in [7, 11) is 0. The zero-order chi connectivity index (χ0) is 19.3. The molecule has 1 atom stereocenters. The molecule has 1 N–H and O–H groups in total. The van der Waals surface area contributed by atoms with E-state index in [0.29, 0.717) is 26.1 Å². The molecule has 0 bridgehead atoms. The molecule has 6 heteroatoms. The van der Waals surface area contributed by atoms with Crippen LogP contribution in [0.5, 0.6) is 0 Å². The lowest BCUT2D eigenvalue weighted by molar-refractivity contribution is -0.128. The summed E-state index contributed by atoms with van der Waals surface area (Å²) in [5, 5.41) is 7.80. The first kappa shape index (κ1) is 18.4. The van der Waals surface area contributed by atoms with Crippen LogP contribution in [0.1, 0.15) is 23.1 Å². The number of hydrogen-bond acceptors (Lipinski definition) is 3. The van der Waals surface area contributed by atoms with Gasteiger partial charge in [-0.1, -0.05) is 36.4 Å². The summed E-state index contributed by atoms with van der Waals surface area (Å²) < 4.78 is 15.0. The normalized spacial score (nSPS) is 16.7. The number of hydrogen-bond donors (Lipinski definition) is 1. The number of nitrogens with zero attached hydrogens (tertiary/aromatic N) is 3. The number of nitrogens with one attached hydrogen (secondary N) is 1. The van der Waals surface area contributed by atoms with Gasteiger partial charge in [-0.05, 0) is 34.9 Å². The third kappa shape index (κ3) is 4.46. The van der Waals surface area contributed by atoms with Crippen molar-refractivity contribution in [2.24, 2.45) is 0 Å². The van der Waals surface area contributed by atoms with Crippen LogP contribution in [-0.4, -0.2) is 33.2 Å². The van der Waals surface area contributed by atoms with Crippen molar-refractivity contribution in [3.8, 4) is 0 Å². The fourth-order valence-corrected chi connectivity index (χ4v) is 3.58. The van der Waals surface area contributed by atoms with Gasteiger partial charge in [-0.3, -0.25) is 9.48 Å². The predicted molar refractivity (Wildman–Crippen MR) is 105 cm³/mol. The van der Waals surface area contributed by atoms with Gasteiger partial charge in [0.15, 0.2) is 0 Å². The number of halogens is 1. The molecule has 0 radical (unpaired) electrons. The van der Waals surface area contributed by atoms with Crippen molar-refractivity contribution in [1.29, 1.82) is 0 Å². The molecule has 3 aromatic rings. The number of rotatable bonds is 7. The van der Waals surface area contributed by atoms with Crippen molar-refractivity contribution in [3.05, 3.63) is 89.5 Å². The average molecular weight is 378 g/mol. The van der Waals surface area contributed by atoms with Crippen molar-refractivity contribution in [2.75, 3.05) is 6.54 Å². The van der Waals surface area contributed by atoms with E-state index in [4.69, 9.17) is 0 Å². The highest BCUT2D eigenvalue weighted by atomic mass is 19.1. The molecule has 0 saturated carbocycles. The van der Waals surface area contributed by atoms with Gasteiger partial charge < -0.3 is 10.2 Å². The second-order valence-corrected chi connectivity index (χ2v) is 7.16. The number of aromatic nitrogens is 2. The van der Waals surface area contributed by atoms with E-state index in [1.807, 2.05) is 34.0 Å². The molecule has 1 saturated heterocycles. The van der Waals surface area contributed by atoms with Crippen molar-refractivity contribution >= 4 is 5.91 Å². The van der Waals surface area contributed by atoms with Crippen LogP contribution in [0.15, 0.2) is 67.0 Å². The van der Waals surface area contributed by atoms with Crippen LogP contribution in [0.25, 0.3) is 0 Å². The summed E-state index contributed by atoms with van der Waals surface area (Å²) in [6.45, 7) is 2.62. The van der Waals surface area contributed by atoms with Gasteiger partial charge in [0.25, 0.3) is 0 Å². The highest BCUT2D eigenvalue weighted by Gasteiger charge is 2.29. The highest BCUT2D eigenvalue weighted by Crippen LogP contribution is 2.17. The Bertz CT molecular complexity index is 924. The van der Waals surface area contributed by atoms with Crippen LogP contribution in [0.2, 0.25) is 0 Å². The second-order valence-electron chi connectivity index (χ2n) is 7.16. The lowest BCUT2D eigenvalue weighted by atomic mass is 10.1. The molecule has 1 aliphatic rings. The molecular weight excluding hydrogens is 355 g/mol. The van der Waals surface area contributed by atoms with Gasteiger partial charge in [0.05, 0.1) is 6.54 Å². The number of amides is 1. The minimum atomic E-state index is -0.259. The minimum Gasteiger partial charge on any atom is -0.337 e. The monoisotopic (exact) mass is 378 g/mol. The predicted octanol–water partition coefficient (Wildman–Crippen LogP) is 2.96. The third-order valence-corrected chi connectivity index (χ3v) is 5.09. The van der Waals surface area contributed by atoms with Crippen LogP contribution < -0.4 is 5.32 Å². The lowest BCUT2D eigenvalue weighted by Gasteiger charge is -2.18. The van der Waals surface area contributed by atoms with Crippen LogP contribution >= 0.6 is 0 Å². The first-order valence-corrected chi connectivity index (χ1v) is 9.47. The lowest BCUT2D eigenvalue weighted by Crippen LogP contribution is -2.32. The Morgan fingerprint density at radius 3 is 2.57 bits per heavy atom. The quantitative estimate of drug-likeness (QED) is 0.688. The van der Waals surface area contributed by atoms with Crippen molar-refractivity contribution in [3.63, 3.8) is 0 Å². The highest BCUT2D eigenvalue weighted by molar-refractivity contribution is 5.79. The van der Waals surface area contributed by atoms with Crippen molar-refractivity contribution in [1.82, 2.24) is 20.0 Å². The maximum atomic E-state index is 13.1. The summed E-state index contributed by atoms with van der Waals surface area (Å²) in [5.41, 5.74) is 3.37. The van der Waals surface area contributed by atoms with Crippen LogP contribution in [0.3, 0.4) is 0 Å². The summed E-state index contributed by atoms with van der Waals surface area (Å²) >= 11 is 0. The Labute approximate surface area is 163 Å². The smallest absolute Gasteiger partial charge is 0.224 e. The summed E-state index contributed by atoms with van der Waals surface area (Å²) in [5.74, 6) is -0.128. The van der Waals surface area contributed by atoms with E-state index in [-0.39, 0.29) is 17.8 Å². The van der Waals surface area contributed by atoms with E-state index < -0.39 is 0 Å². The van der Waals surface area contributed by atoms with E-state index in [1.54, 1.807) is 18.3 Å². The molecule has 144 valence electrons. The van der Waals surface area contributed by atoms with Crippen molar-refractivity contribution in [2.45, 2.75) is 32.1 Å². The van der Waals surface area contributed by atoms with Gasteiger partial charge in [0, 0.05) is 44.5 Å². The minimum absolute atomic E-state index is 0.116. The Morgan fingerprint density at radius 2 is 1.82 bits per heavy atom. The molecule has 1 fully saturated rings. The third-order valence-electron chi connectivity index (χ3n) is 5.09. The van der Waals surface area contributed by atoms with E-state index in [9.17, 15) is 9.18 Å². The molecular formula is C22H23FN4O. The maximum Gasteiger partial charge on any atom is 0.224 e. The second kappa shape index (κ2) is 8.35. The van der Waals surface area contributed by atoms with Crippen molar-refractivity contribution < 1.29 is 9.18 Å². The zero-order valence-corrected chi connectivity index (χ0v) is 15.6. The van der Waals surface area contributed by atoms with Crippen LogP contribution in [-0.2, 0) is 24.4 Å². The Balaban J connectivity index is 1.34. The Hall–Kier alpha value is -2.99. The van der Waals surface area contributed by atoms with Gasteiger partial charge in [0.2, 0.25) is 5.91 Å². The van der Waals surface area contributed by atoms with Gasteiger partial charge in [0.1, 0.15) is 5.82 Å². The largest absolute Gasteiger partial charge is 0.337 e. The SMILES string of the molecule is O=C1C[C@H](NCc2ccccc2Cn2cccn2)CN1Cc1ccc(F)cc1. The number of carbonyl (C=O) groups excluding carboxylic acids is 1. The molecule has 1 aromatic heterocycles. The van der Waals surface area contributed by atoms with Crippen LogP contribution in [0, 0.1) is 5.82 Å². The van der Waals surface area contributed by atoms with E-state index in [0.717, 1.165) is 12.1 Å². The standard InChI is InChI=1S/C22H23FN4O/c23-20-8-6-17(7-9-20)14-26-16-21(12-22(26)28)24-13-18-4-1-2-5-19(18)15-27-11-3-10-25-27/h1-11,21,24H,12-16H2/t21-/m0/s1. The first-order chi connectivity index (χ1) is 13.7. The molecule has 1 aliphatic heterocycles. The topological polar surface area (TPSA) is 50.2 Å². The van der Waals surface area contributed by atoms with E-state index in [1.165, 1.54) is 23.3 Å². The summed E-state index contributed by atoms with van der Waals surface area (Å²) in [4.78, 5) is 14.2. The molecule has 4 rings (SSSR count). The average Bonchev–Trinajstić information content (AvgIpc) is 3.33. The maximum absolute atomic E-state index is 13.1. The molecule has 2 heterocycles. The molecule has 5 nitrogen and oxygen atoms in total. The molecule has 0 unspecified atom stereocenters. The summed E-state index contributed by atoms with van der Waals surface area (Å²) in [6, 6.07) is 16.6. The van der Waals surface area contributed by atoms with Gasteiger partial charge in [-0.25, -0.2) is 4.39 Å². The zero-order valence-electron chi connectivity index (χ0n) is 15.6. The Morgan fingerprint density at radius 1 is 1.04 bits per heavy atom. The first-order valence-electron chi connectivity index (χ1n) is 9.47. The number of likely N-dealkylation sites (tertiary alicyclic amines) is 1. The Kier molecular flexibility index (Phi) is 5.48. The fourth-order valence-electron chi connectivity index (χ4n) is 3.58. The summed E-state index contributed by atoms with van der Waals surface area (Å²) in [6.07, 6.45) is 4.22. The fraction of sp³-hybridized carbons (Fsp3) is 0.273. The van der Waals surface area contributed by atoms with Crippen LogP contribution in [0.4, 0.5) is 4.39 Å². The molecule has 0 aliphatic carbocycles.